The van der Waals surface area contributed by atoms with Crippen molar-refractivity contribution in [1.82, 2.24) is 4.98 Å². The lowest BCUT2D eigenvalue weighted by molar-refractivity contribution is -0.159. The van der Waals surface area contributed by atoms with Crippen LogP contribution in [0.4, 0.5) is 0 Å². The Bertz CT molecular complexity index is 394. The minimum absolute atomic E-state index is 0.435. The average Bonchev–Trinajstić information content (AvgIpc) is 2.71. The molecule has 2 atom stereocenters. The molecule has 0 bridgehead atoms. The molecule has 16 heavy (non-hydrogen) atoms. The molecular formula is C9H14N2O3S2. The molecule has 7 heteroatoms. The molecule has 2 heterocycles. The lowest BCUT2D eigenvalue weighted by Gasteiger charge is -2.22. The summed E-state index contributed by atoms with van der Waals surface area (Å²) in [6, 6.07) is 0. The molecule has 1 fully saturated rings. The molecule has 0 saturated carbocycles. The lowest BCUT2D eigenvalue weighted by Crippen LogP contribution is -2.28. The molecule has 1 aliphatic rings. The Balaban J connectivity index is 2.24. The fraction of sp³-hybridized carbons (Fsp3) is 0.667. The van der Waals surface area contributed by atoms with Crippen LogP contribution in [0.15, 0.2) is 10.4 Å². The molecule has 1 aliphatic heterocycles. The Morgan fingerprint density at radius 2 is 2.25 bits per heavy atom. The summed E-state index contributed by atoms with van der Waals surface area (Å²) < 4.78 is 23.0. The van der Waals surface area contributed by atoms with Crippen LogP contribution in [0.25, 0.3) is 0 Å². The van der Waals surface area contributed by atoms with Crippen molar-refractivity contribution in [3.8, 4) is 0 Å². The second-order valence-electron chi connectivity index (χ2n) is 4.30. The Morgan fingerprint density at radius 3 is 2.69 bits per heavy atom. The summed E-state index contributed by atoms with van der Waals surface area (Å²) in [5.74, 6) is -0.609. The first kappa shape index (κ1) is 12.3. The van der Waals surface area contributed by atoms with Crippen LogP contribution in [0, 0.1) is 0 Å². The predicted octanol–water partition coefficient (Wildman–Crippen LogP) is 1.12. The number of hydrogen-bond acceptors (Lipinski definition) is 6. The van der Waals surface area contributed by atoms with E-state index in [4.69, 9.17) is 14.6 Å². The minimum Gasteiger partial charge on any atom is -0.592 e. The Labute approximate surface area is 101 Å². The monoisotopic (exact) mass is 262 g/mol. The van der Waals surface area contributed by atoms with Crippen molar-refractivity contribution in [2.45, 2.75) is 36.4 Å². The highest BCUT2D eigenvalue weighted by Crippen LogP contribution is 2.40. The van der Waals surface area contributed by atoms with Gasteiger partial charge in [0.25, 0.3) is 0 Å². The van der Waals surface area contributed by atoms with E-state index in [1.165, 1.54) is 17.5 Å². The first-order valence-electron chi connectivity index (χ1n) is 4.79. The largest absolute Gasteiger partial charge is 0.592 e. The molecule has 1 aromatic rings. The van der Waals surface area contributed by atoms with Gasteiger partial charge in [-0.2, -0.15) is 0 Å². The van der Waals surface area contributed by atoms with Gasteiger partial charge in [-0.3, -0.25) is 0 Å². The second-order valence-corrected chi connectivity index (χ2v) is 6.63. The lowest BCUT2D eigenvalue weighted by atomic mass is 10.1. The molecule has 0 aromatic carbocycles. The van der Waals surface area contributed by atoms with Gasteiger partial charge in [0, 0.05) is 0 Å². The summed E-state index contributed by atoms with van der Waals surface area (Å²) in [6.45, 7) is 6.05. The van der Waals surface area contributed by atoms with Crippen molar-refractivity contribution < 1.29 is 14.0 Å². The fourth-order valence-corrected chi connectivity index (χ4v) is 3.05. The number of aromatic nitrogens is 1. The topological polar surface area (TPSA) is 80.4 Å². The molecule has 5 nitrogen and oxygen atoms in total. The van der Waals surface area contributed by atoms with E-state index >= 15 is 0 Å². The zero-order valence-corrected chi connectivity index (χ0v) is 11.0. The van der Waals surface area contributed by atoms with Gasteiger partial charge >= 0.3 is 0 Å². The summed E-state index contributed by atoms with van der Waals surface area (Å²) >= 11 is -0.189. The highest BCUT2D eigenvalue weighted by atomic mass is 32.2. The van der Waals surface area contributed by atoms with Crippen molar-refractivity contribution >= 4 is 22.7 Å². The summed E-state index contributed by atoms with van der Waals surface area (Å²) in [5.41, 5.74) is -0.578. The third kappa shape index (κ3) is 2.24. The van der Waals surface area contributed by atoms with Crippen LogP contribution in [0.3, 0.4) is 0 Å². The van der Waals surface area contributed by atoms with Gasteiger partial charge in [0.1, 0.15) is 10.6 Å². The van der Waals surface area contributed by atoms with E-state index in [0.29, 0.717) is 10.8 Å². The van der Waals surface area contributed by atoms with Crippen LogP contribution in [0.2, 0.25) is 0 Å². The number of nitrogens with zero attached hydrogens (tertiary/aromatic N) is 1. The minimum atomic E-state index is -1.49. The number of nitrogens with two attached hydrogens (primary N) is 1. The van der Waals surface area contributed by atoms with Crippen molar-refractivity contribution in [2.75, 3.05) is 6.61 Å². The van der Waals surface area contributed by atoms with Crippen molar-refractivity contribution in [2.24, 2.45) is 5.14 Å². The molecule has 0 aliphatic carbocycles. The van der Waals surface area contributed by atoms with E-state index in [2.05, 4.69) is 4.98 Å². The summed E-state index contributed by atoms with van der Waals surface area (Å²) in [4.78, 5) is 4.20. The van der Waals surface area contributed by atoms with Crippen molar-refractivity contribution in [3.63, 3.8) is 0 Å². The molecular weight excluding hydrogens is 248 g/mol. The van der Waals surface area contributed by atoms with Crippen LogP contribution in [0.1, 0.15) is 25.8 Å². The van der Waals surface area contributed by atoms with Crippen LogP contribution in [-0.2, 0) is 26.4 Å². The molecule has 1 aromatic heterocycles. The molecule has 1 unspecified atom stereocenters. The van der Waals surface area contributed by atoms with E-state index < -0.39 is 22.8 Å². The van der Waals surface area contributed by atoms with Crippen LogP contribution in [0.5, 0.6) is 0 Å². The van der Waals surface area contributed by atoms with E-state index in [0.717, 1.165) is 5.01 Å². The van der Waals surface area contributed by atoms with Gasteiger partial charge in [-0.25, -0.2) is 4.98 Å². The second kappa shape index (κ2) is 3.94. The zero-order valence-electron chi connectivity index (χ0n) is 9.35. The smallest absolute Gasteiger partial charge is 0.247 e. The van der Waals surface area contributed by atoms with Gasteiger partial charge < -0.3 is 14.0 Å². The van der Waals surface area contributed by atoms with E-state index in [9.17, 15) is 4.55 Å². The molecule has 2 rings (SSSR count). The number of ether oxygens (including phenoxy) is 2. The fourth-order valence-electron chi connectivity index (χ4n) is 1.62. The van der Waals surface area contributed by atoms with Crippen LogP contribution < -0.4 is 5.14 Å². The Morgan fingerprint density at radius 1 is 1.56 bits per heavy atom. The van der Waals surface area contributed by atoms with Gasteiger partial charge in [-0.1, -0.05) is 11.3 Å². The molecule has 90 valence electrons. The van der Waals surface area contributed by atoms with Crippen molar-refractivity contribution in [3.05, 3.63) is 11.2 Å². The van der Waals surface area contributed by atoms with E-state index in [-0.39, 0.29) is 0 Å². The third-order valence-corrected chi connectivity index (χ3v) is 4.58. The predicted molar refractivity (Wildman–Crippen MR) is 61.2 cm³/mol. The summed E-state index contributed by atoms with van der Waals surface area (Å²) in [6.07, 6.45) is 1.52. The highest BCUT2D eigenvalue weighted by Gasteiger charge is 2.45. The summed E-state index contributed by atoms with van der Waals surface area (Å²) in [7, 11) is 0. The molecule has 0 spiro atoms. The molecule has 0 amide bonds. The maximum Gasteiger partial charge on any atom is 0.247 e. The maximum atomic E-state index is 11.1. The first-order valence-corrected chi connectivity index (χ1v) is 6.82. The molecule has 1 saturated heterocycles. The first-order chi connectivity index (χ1) is 7.32. The van der Waals surface area contributed by atoms with Gasteiger partial charge in [0.2, 0.25) is 4.21 Å². The SMILES string of the molecule is CC1(C)OCC(C)(c2ncc([S@@+](N)[O-])s2)O1. The highest BCUT2D eigenvalue weighted by molar-refractivity contribution is 7.91. The van der Waals surface area contributed by atoms with Gasteiger partial charge in [0.15, 0.2) is 5.79 Å². The zero-order chi connectivity index (χ0) is 12.0. The van der Waals surface area contributed by atoms with Gasteiger partial charge in [0.05, 0.1) is 24.2 Å². The molecule has 2 N–H and O–H groups in total. The number of rotatable bonds is 2. The van der Waals surface area contributed by atoms with Crippen molar-refractivity contribution in [1.29, 1.82) is 0 Å². The maximum absolute atomic E-state index is 11.1. The summed E-state index contributed by atoms with van der Waals surface area (Å²) in [5, 5.41) is 6.04. The Kier molecular flexibility index (Phi) is 3.02. The van der Waals surface area contributed by atoms with Crippen LogP contribution in [-0.4, -0.2) is 21.9 Å². The number of hydrogen-bond donors (Lipinski definition) is 1. The standard InChI is InChI=1S/C9H14N2O3S2/c1-8(2)13-5-9(3,14-8)7-11-4-6(15-7)16(10)12/h4H,5,10H2,1-3H3/t9?,16-/m0/s1. The van der Waals surface area contributed by atoms with E-state index in [1.807, 2.05) is 20.8 Å². The van der Waals surface area contributed by atoms with E-state index in [1.54, 1.807) is 0 Å². The normalized spacial score (nSPS) is 30.6. The number of thiazole rings is 1. The van der Waals surface area contributed by atoms with Gasteiger partial charge in [-0.05, 0) is 20.8 Å². The third-order valence-electron chi connectivity index (χ3n) is 2.30. The Hall–Kier alpha value is -0.180. The quantitative estimate of drug-likeness (QED) is 0.808. The van der Waals surface area contributed by atoms with Crippen LogP contribution >= 0.6 is 11.3 Å². The average molecular weight is 262 g/mol. The molecule has 0 radical (unpaired) electrons. The van der Waals surface area contributed by atoms with Gasteiger partial charge in [-0.15, -0.1) is 5.14 Å².